The molecule has 0 spiro atoms. The van der Waals surface area contributed by atoms with Crippen LogP contribution in [0.3, 0.4) is 0 Å². The maximum absolute atomic E-state index is 13.2. The number of hydrogen-bond acceptors (Lipinski definition) is 4. The Morgan fingerprint density at radius 2 is 1.46 bits per heavy atom. The number of rotatable bonds is 1. The van der Waals surface area contributed by atoms with E-state index in [1.165, 1.54) is 6.07 Å². The van der Waals surface area contributed by atoms with E-state index < -0.39 is 29.2 Å². The highest BCUT2D eigenvalue weighted by atomic mass is 19.4. The van der Waals surface area contributed by atoms with Crippen LogP contribution in [0.25, 0.3) is 11.0 Å². The summed E-state index contributed by atoms with van der Waals surface area (Å²) in [6.07, 6.45) is -3.41. The molecule has 0 fully saturated rings. The Bertz CT molecular complexity index is 1230. The first kappa shape index (κ1) is 16.7. The van der Waals surface area contributed by atoms with Crippen molar-refractivity contribution in [2.45, 2.75) is 19.0 Å². The van der Waals surface area contributed by atoms with Crippen LogP contribution in [0.5, 0.6) is 0 Å². The lowest BCUT2D eigenvalue weighted by Crippen LogP contribution is -2.29. The number of carbonyl (C=O) groups excluding carboxylic acids is 2. The van der Waals surface area contributed by atoms with E-state index in [0.717, 1.165) is 28.2 Å². The van der Waals surface area contributed by atoms with Gasteiger partial charge in [0.2, 0.25) is 0 Å². The van der Waals surface area contributed by atoms with Crippen molar-refractivity contribution in [3.8, 4) is 0 Å². The molecular weight excluding hydrogens is 375 g/mol. The summed E-state index contributed by atoms with van der Waals surface area (Å²) in [5.74, 6) is -1.05. The Morgan fingerprint density at radius 3 is 2.00 bits per heavy atom. The van der Waals surface area contributed by atoms with E-state index in [2.05, 4.69) is 0 Å². The topological polar surface area (TPSA) is 67.6 Å². The van der Waals surface area contributed by atoms with Crippen LogP contribution in [0.1, 0.15) is 37.4 Å². The average molecular weight is 385 g/mol. The molecule has 2 amide bonds. The number of nitrogens with zero attached hydrogens (tertiary/aromatic N) is 1. The highest BCUT2D eigenvalue weighted by Crippen LogP contribution is 2.39. The lowest BCUT2D eigenvalue weighted by Gasteiger charge is -2.15. The van der Waals surface area contributed by atoms with Gasteiger partial charge in [-0.2, -0.15) is 13.2 Å². The van der Waals surface area contributed by atoms with Crippen LogP contribution in [0.2, 0.25) is 0 Å². The van der Waals surface area contributed by atoms with Gasteiger partial charge in [-0.25, -0.2) is 9.69 Å². The average Bonchev–Trinajstić information content (AvgIpc) is 2.94. The third-order valence-electron chi connectivity index (χ3n) is 5.17. The summed E-state index contributed by atoms with van der Waals surface area (Å²) in [5, 5.41) is -0.321. The van der Waals surface area contributed by atoms with Crippen molar-refractivity contribution in [3.63, 3.8) is 0 Å². The van der Waals surface area contributed by atoms with Gasteiger partial charge in [0.15, 0.2) is 0 Å². The number of aryl methyl sites for hydroxylation is 2. The van der Waals surface area contributed by atoms with Crippen LogP contribution in [0.15, 0.2) is 45.6 Å². The molecule has 0 saturated carbocycles. The Balaban J connectivity index is 1.68. The standard InChI is InChI=1S/C20H10F3NO4/c21-20(22,23)13-8-15(25)28-14-7-11(5-6-12(13)14)24-18(26)16-9-1-2-10(4-3-9)17(16)19(24)27/h1-2,5-8H,3-4H2. The van der Waals surface area contributed by atoms with Crippen molar-refractivity contribution in [2.75, 3.05) is 4.90 Å². The first-order chi connectivity index (χ1) is 13.3. The number of hydrogen-bond donors (Lipinski definition) is 0. The SMILES string of the molecule is O=C1c2c3ccc(c2C(=O)N1c1ccc2c(C(F)(F)F)cc(=O)oc2c1)CC3. The molecule has 0 unspecified atom stereocenters. The number of alkyl halides is 3. The monoisotopic (exact) mass is 385 g/mol. The number of halogens is 3. The number of carbonyl (C=O) groups is 2. The Kier molecular flexibility index (Phi) is 3.17. The lowest BCUT2D eigenvalue weighted by molar-refractivity contribution is -0.136. The maximum Gasteiger partial charge on any atom is 0.417 e. The van der Waals surface area contributed by atoms with Crippen molar-refractivity contribution in [3.05, 3.63) is 74.6 Å². The summed E-state index contributed by atoms with van der Waals surface area (Å²) in [5.41, 5.74) is -0.338. The highest BCUT2D eigenvalue weighted by Gasteiger charge is 2.42. The number of imide groups is 1. The Hall–Kier alpha value is -3.42. The molecule has 0 atom stereocenters. The first-order valence-electron chi connectivity index (χ1n) is 8.44. The molecule has 3 aliphatic rings. The normalized spacial score (nSPS) is 15.6. The molecule has 2 aromatic carbocycles. The second-order valence-corrected chi connectivity index (χ2v) is 6.74. The molecule has 28 heavy (non-hydrogen) atoms. The van der Waals surface area contributed by atoms with Gasteiger partial charge < -0.3 is 4.42 Å². The van der Waals surface area contributed by atoms with Crippen molar-refractivity contribution in [1.29, 1.82) is 0 Å². The number of anilines is 1. The van der Waals surface area contributed by atoms with E-state index in [1.807, 2.05) is 0 Å². The fraction of sp³-hybridized carbons (Fsp3) is 0.150. The molecule has 2 bridgehead atoms. The minimum absolute atomic E-state index is 0.0555. The molecule has 8 heteroatoms. The number of fused-ring (bicyclic) bond motifs is 3. The van der Waals surface area contributed by atoms with Crippen LogP contribution >= 0.6 is 0 Å². The lowest BCUT2D eigenvalue weighted by atomic mass is 9.86. The van der Waals surface area contributed by atoms with Crippen molar-refractivity contribution < 1.29 is 27.2 Å². The summed E-state index contributed by atoms with van der Waals surface area (Å²) < 4.78 is 44.5. The largest absolute Gasteiger partial charge is 0.423 e. The predicted octanol–water partition coefficient (Wildman–Crippen LogP) is 3.71. The predicted molar refractivity (Wildman–Crippen MR) is 92.5 cm³/mol. The number of amides is 2. The second kappa shape index (κ2) is 5.31. The van der Waals surface area contributed by atoms with E-state index in [4.69, 9.17) is 4.42 Å². The van der Waals surface area contributed by atoms with Gasteiger partial charge in [0.25, 0.3) is 11.8 Å². The summed E-state index contributed by atoms with van der Waals surface area (Å²) >= 11 is 0. The minimum atomic E-state index is -4.74. The molecule has 0 radical (unpaired) electrons. The molecule has 6 rings (SSSR count). The zero-order valence-electron chi connectivity index (χ0n) is 14.1. The van der Waals surface area contributed by atoms with Gasteiger partial charge in [0.1, 0.15) is 5.58 Å². The van der Waals surface area contributed by atoms with Crippen LogP contribution in [-0.2, 0) is 19.0 Å². The third kappa shape index (κ3) is 2.17. The molecule has 5 nitrogen and oxygen atoms in total. The fourth-order valence-corrected chi connectivity index (χ4v) is 3.94. The zero-order valence-corrected chi connectivity index (χ0v) is 14.1. The van der Waals surface area contributed by atoms with E-state index in [9.17, 15) is 27.6 Å². The van der Waals surface area contributed by atoms with Crippen LogP contribution in [-0.4, -0.2) is 11.8 Å². The Morgan fingerprint density at radius 1 is 0.857 bits per heavy atom. The van der Waals surface area contributed by atoms with Crippen LogP contribution < -0.4 is 10.5 Å². The van der Waals surface area contributed by atoms with E-state index in [0.29, 0.717) is 30.0 Å². The van der Waals surface area contributed by atoms with Gasteiger partial charge in [-0.1, -0.05) is 12.1 Å². The van der Waals surface area contributed by atoms with E-state index >= 15 is 0 Å². The molecular formula is C20H10F3NO4. The number of benzene rings is 2. The van der Waals surface area contributed by atoms with Crippen LogP contribution in [0.4, 0.5) is 18.9 Å². The van der Waals surface area contributed by atoms with Gasteiger partial charge in [-0.05, 0) is 36.1 Å². The van der Waals surface area contributed by atoms with E-state index in [1.54, 1.807) is 12.1 Å². The molecule has 140 valence electrons. The van der Waals surface area contributed by atoms with E-state index in [-0.39, 0.29) is 16.7 Å². The summed E-state index contributed by atoms with van der Waals surface area (Å²) in [4.78, 5) is 38.2. The third-order valence-corrected chi connectivity index (χ3v) is 5.17. The van der Waals surface area contributed by atoms with Crippen molar-refractivity contribution in [2.24, 2.45) is 0 Å². The minimum Gasteiger partial charge on any atom is -0.423 e. The summed E-state index contributed by atoms with van der Waals surface area (Å²) in [6, 6.07) is 7.46. The van der Waals surface area contributed by atoms with Gasteiger partial charge in [0, 0.05) is 17.5 Å². The summed E-state index contributed by atoms with van der Waals surface area (Å²) in [7, 11) is 0. The molecule has 2 heterocycles. The van der Waals surface area contributed by atoms with Gasteiger partial charge in [-0.3, -0.25) is 9.59 Å². The second-order valence-electron chi connectivity index (χ2n) is 6.74. The zero-order chi connectivity index (χ0) is 19.8. The fourth-order valence-electron chi connectivity index (χ4n) is 3.94. The van der Waals surface area contributed by atoms with Crippen molar-refractivity contribution in [1.82, 2.24) is 0 Å². The highest BCUT2D eigenvalue weighted by molar-refractivity contribution is 6.35. The molecule has 3 aromatic rings. The maximum atomic E-state index is 13.2. The molecule has 2 aliphatic carbocycles. The molecule has 1 aromatic heterocycles. The Labute approximate surface area is 155 Å². The van der Waals surface area contributed by atoms with Gasteiger partial charge in [-0.15, -0.1) is 0 Å². The van der Waals surface area contributed by atoms with Gasteiger partial charge in [0.05, 0.1) is 22.4 Å². The van der Waals surface area contributed by atoms with Crippen LogP contribution in [0, 0.1) is 0 Å². The quantitative estimate of drug-likeness (QED) is 0.473. The molecule has 1 aliphatic heterocycles. The summed E-state index contributed by atoms with van der Waals surface area (Å²) in [6.45, 7) is 0. The van der Waals surface area contributed by atoms with Crippen molar-refractivity contribution >= 4 is 28.5 Å². The first-order valence-corrected chi connectivity index (χ1v) is 8.44. The molecule has 0 N–H and O–H groups in total. The smallest absolute Gasteiger partial charge is 0.417 e. The molecule has 0 saturated heterocycles. The van der Waals surface area contributed by atoms with Gasteiger partial charge >= 0.3 is 11.8 Å².